The molecule has 1 aliphatic rings. The fourth-order valence-electron chi connectivity index (χ4n) is 2.26. The number of nitrogens with one attached hydrogen (secondary N) is 1. The summed E-state index contributed by atoms with van der Waals surface area (Å²) in [6, 6.07) is 7.87. The summed E-state index contributed by atoms with van der Waals surface area (Å²) in [4.78, 5) is 11.9. The third-order valence-electron chi connectivity index (χ3n) is 3.23. The van der Waals surface area contributed by atoms with Gasteiger partial charge in [0.2, 0.25) is 0 Å². The van der Waals surface area contributed by atoms with Crippen LogP contribution in [-0.4, -0.2) is 31.8 Å². The van der Waals surface area contributed by atoms with Crippen LogP contribution in [0.4, 0.5) is 5.69 Å². The fraction of sp³-hybridized carbons (Fsp3) is 0.533. The van der Waals surface area contributed by atoms with Gasteiger partial charge in [-0.15, -0.1) is 0 Å². The number of benzene rings is 1. The van der Waals surface area contributed by atoms with E-state index >= 15 is 0 Å². The molecule has 1 fully saturated rings. The van der Waals surface area contributed by atoms with Crippen molar-refractivity contribution in [3.05, 3.63) is 29.8 Å². The molecular weight excluding hydrogens is 242 g/mol. The standard InChI is InChI=1S/C15H21NO3/c1-2-19-15(17)13-7-3-4-8-14(13)16-12-6-5-10-18-11-9-12/h3-4,7-8,12,16H,2,5-6,9-11H2,1H3. The lowest BCUT2D eigenvalue weighted by molar-refractivity contribution is 0.0527. The highest BCUT2D eigenvalue weighted by Gasteiger charge is 2.16. The lowest BCUT2D eigenvalue weighted by atomic mass is 10.1. The number of para-hydroxylation sites is 1. The van der Waals surface area contributed by atoms with Gasteiger partial charge in [0.25, 0.3) is 0 Å². The Morgan fingerprint density at radius 3 is 3.05 bits per heavy atom. The number of carbonyl (C=O) groups excluding carboxylic acids is 1. The van der Waals surface area contributed by atoms with Crippen molar-refractivity contribution in [2.45, 2.75) is 32.2 Å². The van der Waals surface area contributed by atoms with E-state index in [0.29, 0.717) is 18.2 Å². The first kappa shape index (κ1) is 13.9. The highest BCUT2D eigenvalue weighted by molar-refractivity contribution is 5.95. The maximum Gasteiger partial charge on any atom is 0.340 e. The molecule has 0 saturated carbocycles. The minimum Gasteiger partial charge on any atom is -0.462 e. The molecule has 1 atom stereocenters. The van der Waals surface area contributed by atoms with Crippen LogP contribution in [0.3, 0.4) is 0 Å². The van der Waals surface area contributed by atoms with Gasteiger partial charge in [0.1, 0.15) is 0 Å². The Morgan fingerprint density at radius 1 is 1.37 bits per heavy atom. The van der Waals surface area contributed by atoms with Crippen LogP contribution in [0.2, 0.25) is 0 Å². The SMILES string of the molecule is CCOC(=O)c1ccccc1NC1CCCOCC1. The maximum atomic E-state index is 11.9. The summed E-state index contributed by atoms with van der Waals surface area (Å²) in [6.07, 6.45) is 3.09. The zero-order valence-electron chi connectivity index (χ0n) is 11.4. The van der Waals surface area contributed by atoms with Gasteiger partial charge in [-0.1, -0.05) is 12.1 Å². The molecule has 0 aliphatic carbocycles. The van der Waals surface area contributed by atoms with E-state index in [1.54, 1.807) is 6.07 Å². The van der Waals surface area contributed by atoms with Gasteiger partial charge < -0.3 is 14.8 Å². The summed E-state index contributed by atoms with van der Waals surface area (Å²) in [6.45, 7) is 3.82. The molecule has 19 heavy (non-hydrogen) atoms. The molecular formula is C15H21NO3. The predicted molar refractivity (Wildman–Crippen MR) is 74.5 cm³/mol. The van der Waals surface area contributed by atoms with Gasteiger partial charge in [0.15, 0.2) is 0 Å². The topological polar surface area (TPSA) is 47.6 Å². The number of esters is 1. The van der Waals surface area contributed by atoms with Crippen molar-refractivity contribution in [2.24, 2.45) is 0 Å². The van der Waals surface area contributed by atoms with Crippen LogP contribution in [0, 0.1) is 0 Å². The summed E-state index contributed by atoms with van der Waals surface area (Å²) in [7, 11) is 0. The van der Waals surface area contributed by atoms with E-state index in [0.717, 1.165) is 38.2 Å². The Bertz CT molecular complexity index is 412. The third-order valence-corrected chi connectivity index (χ3v) is 3.23. The Hall–Kier alpha value is -1.55. The molecule has 0 bridgehead atoms. The number of hydrogen-bond donors (Lipinski definition) is 1. The number of hydrogen-bond acceptors (Lipinski definition) is 4. The van der Waals surface area contributed by atoms with Crippen molar-refractivity contribution in [1.29, 1.82) is 0 Å². The summed E-state index contributed by atoms with van der Waals surface area (Å²) in [5.41, 5.74) is 1.46. The van der Waals surface area contributed by atoms with Crippen LogP contribution in [0.1, 0.15) is 36.5 Å². The zero-order chi connectivity index (χ0) is 13.5. The van der Waals surface area contributed by atoms with E-state index in [9.17, 15) is 4.79 Å². The molecule has 1 aromatic rings. The Balaban J connectivity index is 2.08. The van der Waals surface area contributed by atoms with E-state index in [1.807, 2.05) is 25.1 Å². The van der Waals surface area contributed by atoms with E-state index in [1.165, 1.54) is 0 Å². The van der Waals surface area contributed by atoms with Gasteiger partial charge in [-0.2, -0.15) is 0 Å². The van der Waals surface area contributed by atoms with Gasteiger partial charge in [-0.3, -0.25) is 0 Å². The second kappa shape index (κ2) is 7.14. The minimum absolute atomic E-state index is 0.268. The molecule has 4 nitrogen and oxygen atoms in total. The molecule has 1 N–H and O–H groups in total. The molecule has 1 heterocycles. The molecule has 0 amide bonds. The Morgan fingerprint density at radius 2 is 2.21 bits per heavy atom. The van der Waals surface area contributed by atoms with Crippen molar-refractivity contribution >= 4 is 11.7 Å². The van der Waals surface area contributed by atoms with E-state index in [4.69, 9.17) is 9.47 Å². The van der Waals surface area contributed by atoms with Crippen molar-refractivity contribution in [2.75, 3.05) is 25.1 Å². The van der Waals surface area contributed by atoms with Crippen LogP contribution in [0.25, 0.3) is 0 Å². The van der Waals surface area contributed by atoms with E-state index < -0.39 is 0 Å². The summed E-state index contributed by atoms with van der Waals surface area (Å²) >= 11 is 0. The lowest BCUT2D eigenvalue weighted by Gasteiger charge is -2.19. The van der Waals surface area contributed by atoms with Gasteiger partial charge in [0, 0.05) is 24.9 Å². The highest BCUT2D eigenvalue weighted by atomic mass is 16.5. The summed E-state index contributed by atoms with van der Waals surface area (Å²) in [5, 5.41) is 3.45. The number of ether oxygens (including phenoxy) is 2. The second-order valence-electron chi connectivity index (χ2n) is 4.65. The molecule has 104 valence electrons. The zero-order valence-corrected chi connectivity index (χ0v) is 11.4. The fourth-order valence-corrected chi connectivity index (χ4v) is 2.26. The largest absolute Gasteiger partial charge is 0.462 e. The molecule has 1 aromatic carbocycles. The van der Waals surface area contributed by atoms with Crippen LogP contribution >= 0.6 is 0 Å². The molecule has 0 spiro atoms. The molecule has 1 aliphatic heterocycles. The van der Waals surface area contributed by atoms with Gasteiger partial charge in [-0.05, 0) is 38.3 Å². The Labute approximate surface area is 114 Å². The monoisotopic (exact) mass is 263 g/mol. The van der Waals surface area contributed by atoms with Crippen LogP contribution in [-0.2, 0) is 9.47 Å². The number of anilines is 1. The Kier molecular flexibility index (Phi) is 5.21. The maximum absolute atomic E-state index is 11.9. The first-order chi connectivity index (χ1) is 9.31. The highest BCUT2D eigenvalue weighted by Crippen LogP contribution is 2.20. The first-order valence-corrected chi connectivity index (χ1v) is 6.91. The second-order valence-corrected chi connectivity index (χ2v) is 4.65. The van der Waals surface area contributed by atoms with Crippen molar-refractivity contribution in [3.8, 4) is 0 Å². The molecule has 2 rings (SSSR count). The minimum atomic E-state index is -0.268. The first-order valence-electron chi connectivity index (χ1n) is 6.91. The van der Waals surface area contributed by atoms with Crippen molar-refractivity contribution in [3.63, 3.8) is 0 Å². The quantitative estimate of drug-likeness (QED) is 0.849. The molecule has 1 unspecified atom stereocenters. The third kappa shape index (κ3) is 3.96. The average Bonchev–Trinajstić information content (AvgIpc) is 2.68. The van der Waals surface area contributed by atoms with E-state index in [2.05, 4.69) is 5.32 Å². The molecule has 4 heteroatoms. The smallest absolute Gasteiger partial charge is 0.340 e. The summed E-state index contributed by atoms with van der Waals surface area (Å²) < 4.78 is 10.5. The van der Waals surface area contributed by atoms with Crippen LogP contribution in [0.15, 0.2) is 24.3 Å². The normalized spacial score (nSPS) is 19.5. The predicted octanol–water partition coefficient (Wildman–Crippen LogP) is 2.84. The van der Waals surface area contributed by atoms with Crippen LogP contribution < -0.4 is 5.32 Å². The van der Waals surface area contributed by atoms with Gasteiger partial charge in [0.05, 0.1) is 12.2 Å². The number of rotatable bonds is 4. The van der Waals surface area contributed by atoms with E-state index in [-0.39, 0.29) is 5.97 Å². The van der Waals surface area contributed by atoms with Crippen molar-refractivity contribution in [1.82, 2.24) is 0 Å². The average molecular weight is 263 g/mol. The molecule has 1 saturated heterocycles. The van der Waals surface area contributed by atoms with Gasteiger partial charge in [-0.25, -0.2) is 4.79 Å². The van der Waals surface area contributed by atoms with Gasteiger partial charge >= 0.3 is 5.97 Å². The number of carbonyl (C=O) groups is 1. The lowest BCUT2D eigenvalue weighted by Crippen LogP contribution is -2.21. The summed E-state index contributed by atoms with van der Waals surface area (Å²) in [5.74, 6) is -0.268. The molecule has 0 radical (unpaired) electrons. The molecule has 0 aromatic heterocycles. The van der Waals surface area contributed by atoms with Crippen molar-refractivity contribution < 1.29 is 14.3 Å². The van der Waals surface area contributed by atoms with Crippen LogP contribution in [0.5, 0.6) is 0 Å².